The fraction of sp³-hybridized carbons (Fsp3) is 0.400. The minimum atomic E-state index is 0.0318. The Morgan fingerprint density at radius 3 is 2.41 bits per heavy atom. The highest BCUT2D eigenvalue weighted by molar-refractivity contribution is 5.97. The smallest absolute Gasteiger partial charge is 0.324 e. The Morgan fingerprint density at radius 1 is 0.969 bits per heavy atom. The van der Waals surface area contributed by atoms with Gasteiger partial charge in [0, 0.05) is 37.9 Å². The van der Waals surface area contributed by atoms with Crippen LogP contribution in [-0.4, -0.2) is 59.8 Å². The minimum absolute atomic E-state index is 0.0318. The third kappa shape index (κ3) is 4.93. The van der Waals surface area contributed by atoms with Gasteiger partial charge in [-0.05, 0) is 49.4 Å². The van der Waals surface area contributed by atoms with Gasteiger partial charge in [0.2, 0.25) is 5.91 Å². The number of piperidine rings is 1. The normalized spacial score (nSPS) is 17.9. The Morgan fingerprint density at radius 2 is 1.69 bits per heavy atom. The summed E-state index contributed by atoms with van der Waals surface area (Å²) in [5.74, 6) is 0.407. The molecule has 4 rings (SSSR count). The Labute approximate surface area is 189 Å². The molecule has 0 atom stereocenters. The standard InChI is InChI=1S/C25H31N5O2/c26-24(27)20-9-6-10-22(18-20)30-14-5-4-13-29(25(30)32)21-11-15-28(16-12-21)23(31)17-19-7-2-1-3-8-19/h1-3,6-10,18,21H,4-5,11-17H2,(H3,26,27)/p+1. The van der Waals surface area contributed by atoms with Crippen molar-refractivity contribution in [1.82, 2.24) is 9.80 Å². The molecule has 2 aromatic rings. The van der Waals surface area contributed by atoms with Gasteiger partial charge < -0.3 is 9.80 Å². The number of urea groups is 1. The van der Waals surface area contributed by atoms with Gasteiger partial charge in [-0.25, -0.2) is 4.79 Å². The molecule has 7 heteroatoms. The number of amides is 3. The second-order valence-corrected chi connectivity index (χ2v) is 8.61. The SMILES string of the molecule is NC(=[NH2+])c1cccc(N2CCCCN(C3CCN(C(=O)Cc4ccccc4)CC3)C2=O)c1. The van der Waals surface area contributed by atoms with Crippen molar-refractivity contribution in [2.75, 3.05) is 31.1 Å². The van der Waals surface area contributed by atoms with Gasteiger partial charge in [-0.3, -0.25) is 20.8 Å². The number of likely N-dealkylation sites (tertiary alicyclic amines) is 1. The largest absolute Gasteiger partial charge is 0.342 e. The van der Waals surface area contributed by atoms with E-state index in [1.165, 1.54) is 0 Å². The number of rotatable bonds is 5. The Balaban J connectivity index is 1.40. The molecule has 3 amide bonds. The van der Waals surface area contributed by atoms with Crippen LogP contribution >= 0.6 is 0 Å². The summed E-state index contributed by atoms with van der Waals surface area (Å²) < 4.78 is 0. The molecule has 2 saturated heterocycles. The number of carbonyl (C=O) groups is 2. The van der Waals surface area contributed by atoms with E-state index in [1.54, 1.807) is 0 Å². The van der Waals surface area contributed by atoms with Crippen LogP contribution in [0.25, 0.3) is 0 Å². The topological polar surface area (TPSA) is 95.5 Å². The third-order valence-electron chi connectivity index (χ3n) is 6.45. The molecule has 7 nitrogen and oxygen atoms in total. The van der Waals surface area contributed by atoms with E-state index in [1.807, 2.05) is 69.3 Å². The van der Waals surface area contributed by atoms with Crippen molar-refractivity contribution in [1.29, 1.82) is 0 Å². The van der Waals surface area contributed by atoms with Gasteiger partial charge in [0.25, 0.3) is 5.84 Å². The van der Waals surface area contributed by atoms with Crippen LogP contribution in [0.4, 0.5) is 10.5 Å². The molecular formula is C25H32N5O2+. The molecule has 0 bridgehead atoms. The van der Waals surface area contributed by atoms with E-state index in [0.29, 0.717) is 26.1 Å². The monoisotopic (exact) mass is 434 g/mol. The summed E-state index contributed by atoms with van der Waals surface area (Å²) in [5.41, 5.74) is 8.35. The molecular weight excluding hydrogens is 402 g/mol. The van der Waals surface area contributed by atoms with Crippen molar-refractivity contribution in [2.45, 2.75) is 38.1 Å². The zero-order valence-electron chi connectivity index (χ0n) is 18.5. The maximum absolute atomic E-state index is 13.5. The molecule has 2 aliphatic heterocycles. The van der Waals surface area contributed by atoms with Gasteiger partial charge in [-0.15, -0.1) is 0 Å². The second-order valence-electron chi connectivity index (χ2n) is 8.61. The van der Waals surface area contributed by atoms with Gasteiger partial charge in [-0.1, -0.05) is 36.4 Å². The molecule has 32 heavy (non-hydrogen) atoms. The maximum Gasteiger partial charge on any atom is 0.324 e. The molecule has 2 heterocycles. The van der Waals surface area contributed by atoms with Crippen molar-refractivity contribution in [2.24, 2.45) is 5.73 Å². The van der Waals surface area contributed by atoms with Crippen molar-refractivity contribution in [3.63, 3.8) is 0 Å². The van der Waals surface area contributed by atoms with Crippen molar-refractivity contribution < 1.29 is 15.0 Å². The van der Waals surface area contributed by atoms with Crippen LogP contribution in [0.3, 0.4) is 0 Å². The molecule has 2 aromatic carbocycles. The Bertz CT molecular complexity index is 969. The minimum Gasteiger partial charge on any atom is -0.342 e. The Kier molecular flexibility index (Phi) is 6.73. The number of hydrogen-bond donors (Lipinski definition) is 2. The van der Waals surface area contributed by atoms with E-state index in [4.69, 9.17) is 11.1 Å². The average Bonchev–Trinajstić information content (AvgIpc) is 3.01. The molecule has 2 fully saturated rings. The van der Waals surface area contributed by atoms with Crippen LogP contribution in [0, 0.1) is 0 Å². The highest BCUT2D eigenvalue weighted by Crippen LogP contribution is 2.25. The van der Waals surface area contributed by atoms with Crippen LogP contribution in [0.1, 0.15) is 36.8 Å². The van der Waals surface area contributed by atoms with Gasteiger partial charge >= 0.3 is 6.03 Å². The molecule has 4 N–H and O–H groups in total. The number of carbonyl (C=O) groups excluding carboxylic acids is 2. The molecule has 2 aliphatic rings. The van der Waals surface area contributed by atoms with Crippen LogP contribution in [0.5, 0.6) is 0 Å². The number of anilines is 1. The van der Waals surface area contributed by atoms with E-state index in [2.05, 4.69) is 0 Å². The second kappa shape index (κ2) is 9.85. The lowest BCUT2D eigenvalue weighted by Crippen LogP contribution is -2.52. The first-order valence-corrected chi connectivity index (χ1v) is 11.4. The highest BCUT2D eigenvalue weighted by atomic mass is 16.2. The molecule has 0 aromatic heterocycles. The lowest BCUT2D eigenvalue weighted by atomic mass is 10.0. The summed E-state index contributed by atoms with van der Waals surface area (Å²) >= 11 is 0. The Hall–Kier alpha value is -3.35. The molecule has 0 aliphatic carbocycles. The van der Waals surface area contributed by atoms with Crippen molar-refractivity contribution in [3.05, 3.63) is 65.7 Å². The number of nitrogens with zero attached hydrogens (tertiary/aromatic N) is 3. The number of amidine groups is 1. The van der Waals surface area contributed by atoms with Gasteiger partial charge in [0.1, 0.15) is 0 Å². The highest BCUT2D eigenvalue weighted by Gasteiger charge is 2.33. The van der Waals surface area contributed by atoms with Gasteiger partial charge in [-0.2, -0.15) is 0 Å². The predicted molar refractivity (Wildman–Crippen MR) is 125 cm³/mol. The van der Waals surface area contributed by atoms with Crippen LogP contribution < -0.4 is 16.0 Å². The van der Waals surface area contributed by atoms with Gasteiger partial charge in [0.05, 0.1) is 12.0 Å². The summed E-state index contributed by atoms with van der Waals surface area (Å²) in [7, 11) is 0. The first kappa shape index (κ1) is 21.9. The first-order valence-electron chi connectivity index (χ1n) is 11.4. The lowest BCUT2D eigenvalue weighted by molar-refractivity contribution is -0.131. The molecule has 168 valence electrons. The van der Waals surface area contributed by atoms with E-state index < -0.39 is 0 Å². The van der Waals surface area contributed by atoms with Crippen molar-refractivity contribution >= 4 is 23.5 Å². The molecule has 0 radical (unpaired) electrons. The summed E-state index contributed by atoms with van der Waals surface area (Å²) in [6, 6.07) is 17.6. The fourth-order valence-electron chi connectivity index (χ4n) is 4.64. The summed E-state index contributed by atoms with van der Waals surface area (Å²) in [6.07, 6.45) is 3.97. The van der Waals surface area contributed by atoms with E-state index in [0.717, 1.165) is 49.0 Å². The molecule has 0 saturated carbocycles. The zero-order chi connectivity index (χ0) is 22.5. The zero-order valence-corrected chi connectivity index (χ0v) is 18.5. The van der Waals surface area contributed by atoms with Crippen LogP contribution in [-0.2, 0) is 11.2 Å². The van der Waals surface area contributed by atoms with E-state index >= 15 is 0 Å². The van der Waals surface area contributed by atoms with Crippen LogP contribution in [0.2, 0.25) is 0 Å². The predicted octanol–water partition coefficient (Wildman–Crippen LogP) is 1.41. The summed E-state index contributed by atoms with van der Waals surface area (Å²) in [4.78, 5) is 32.0. The summed E-state index contributed by atoms with van der Waals surface area (Å²) in [5, 5.41) is 5.76. The number of benzene rings is 2. The van der Waals surface area contributed by atoms with Crippen molar-refractivity contribution in [3.8, 4) is 0 Å². The average molecular weight is 435 g/mol. The fourth-order valence-corrected chi connectivity index (χ4v) is 4.64. The maximum atomic E-state index is 13.5. The number of nitrogens with two attached hydrogens (primary N) is 2. The third-order valence-corrected chi connectivity index (χ3v) is 6.45. The molecule has 0 spiro atoms. The first-order chi connectivity index (χ1) is 15.5. The van der Waals surface area contributed by atoms with E-state index in [9.17, 15) is 9.59 Å². The molecule has 0 unspecified atom stereocenters. The lowest BCUT2D eigenvalue weighted by Gasteiger charge is -2.39. The van der Waals surface area contributed by atoms with E-state index in [-0.39, 0.29) is 23.8 Å². The quantitative estimate of drug-likeness (QED) is 0.550. The number of hydrogen-bond acceptors (Lipinski definition) is 2. The van der Waals surface area contributed by atoms with Crippen LogP contribution in [0.15, 0.2) is 54.6 Å². The van der Waals surface area contributed by atoms with Gasteiger partial charge in [0.15, 0.2) is 0 Å². The summed E-state index contributed by atoms with van der Waals surface area (Å²) in [6.45, 7) is 2.81.